The van der Waals surface area contributed by atoms with Crippen LogP contribution in [-0.2, 0) is 6.54 Å². The number of hydrogen-bond acceptors (Lipinski definition) is 4. The highest BCUT2D eigenvalue weighted by Gasteiger charge is 2.32. The zero-order valence-electron chi connectivity index (χ0n) is 11.5. The number of hydrogen-bond donors (Lipinski definition) is 2. The first-order valence-electron chi connectivity index (χ1n) is 7.17. The Kier molecular flexibility index (Phi) is 4.15. The van der Waals surface area contributed by atoms with Crippen molar-refractivity contribution in [3.8, 4) is 10.6 Å². The first kappa shape index (κ1) is 13.7. The van der Waals surface area contributed by atoms with E-state index in [4.69, 9.17) is 0 Å². The number of aliphatic hydroxyl groups excluding tert-OH is 1. The second-order valence-electron chi connectivity index (χ2n) is 5.50. The Morgan fingerprint density at radius 3 is 2.65 bits per heavy atom. The van der Waals surface area contributed by atoms with Gasteiger partial charge in [-0.1, -0.05) is 43.2 Å². The molecule has 3 rings (SSSR count). The lowest BCUT2D eigenvalue weighted by atomic mass is 9.99. The van der Waals surface area contributed by atoms with E-state index < -0.39 is 0 Å². The fraction of sp³-hybridized carbons (Fsp3) is 0.438. The molecule has 2 N–H and O–H groups in total. The minimum atomic E-state index is -0.0586. The number of rotatable bonds is 5. The van der Waals surface area contributed by atoms with Crippen LogP contribution in [-0.4, -0.2) is 22.2 Å². The molecule has 1 aromatic carbocycles. The molecule has 0 aliphatic heterocycles. The van der Waals surface area contributed by atoms with Crippen LogP contribution in [0.1, 0.15) is 30.6 Å². The van der Waals surface area contributed by atoms with Crippen LogP contribution >= 0.6 is 11.3 Å². The van der Waals surface area contributed by atoms with Gasteiger partial charge in [-0.3, -0.25) is 0 Å². The molecule has 3 nitrogen and oxygen atoms in total. The van der Waals surface area contributed by atoms with Gasteiger partial charge < -0.3 is 10.4 Å². The van der Waals surface area contributed by atoms with Crippen LogP contribution in [0.3, 0.4) is 0 Å². The molecule has 0 atom stereocenters. The fourth-order valence-corrected chi connectivity index (χ4v) is 3.68. The van der Waals surface area contributed by atoms with Crippen LogP contribution in [0, 0.1) is 0 Å². The zero-order chi connectivity index (χ0) is 13.8. The van der Waals surface area contributed by atoms with Crippen molar-refractivity contribution in [2.75, 3.05) is 6.61 Å². The number of thiazole rings is 1. The average molecular weight is 288 g/mol. The van der Waals surface area contributed by atoms with Gasteiger partial charge in [0, 0.05) is 28.7 Å². The van der Waals surface area contributed by atoms with Gasteiger partial charge in [-0.25, -0.2) is 4.98 Å². The van der Waals surface area contributed by atoms with Crippen LogP contribution in [0.5, 0.6) is 0 Å². The van der Waals surface area contributed by atoms with Crippen molar-refractivity contribution in [3.63, 3.8) is 0 Å². The molecule has 1 heterocycles. The Morgan fingerprint density at radius 2 is 1.95 bits per heavy atom. The molecule has 106 valence electrons. The first-order valence-corrected chi connectivity index (χ1v) is 7.99. The predicted octanol–water partition coefficient (Wildman–Crippen LogP) is 3.20. The molecule has 4 heteroatoms. The lowest BCUT2D eigenvalue weighted by molar-refractivity contribution is 0.163. The van der Waals surface area contributed by atoms with Crippen molar-refractivity contribution in [2.45, 2.75) is 37.8 Å². The molecule has 0 bridgehead atoms. The zero-order valence-corrected chi connectivity index (χ0v) is 12.3. The summed E-state index contributed by atoms with van der Waals surface area (Å²) < 4.78 is 0. The van der Waals surface area contributed by atoms with E-state index in [1.165, 1.54) is 23.3 Å². The standard InChI is InChI=1S/C16H20N2OS/c19-12-16(8-4-5-9-16)18-11-14-10-17-15(20-14)13-6-2-1-3-7-13/h1-3,6-7,10,18-19H,4-5,8-9,11-12H2. The van der Waals surface area contributed by atoms with E-state index in [2.05, 4.69) is 22.4 Å². The second-order valence-corrected chi connectivity index (χ2v) is 6.61. The molecule has 1 aliphatic carbocycles. The Balaban J connectivity index is 1.66. The topological polar surface area (TPSA) is 45.1 Å². The van der Waals surface area contributed by atoms with Gasteiger partial charge in [-0.2, -0.15) is 0 Å². The maximum absolute atomic E-state index is 9.60. The molecular formula is C16H20N2OS. The quantitative estimate of drug-likeness (QED) is 0.888. The number of benzene rings is 1. The Hall–Kier alpha value is -1.23. The van der Waals surface area contributed by atoms with E-state index >= 15 is 0 Å². The predicted molar refractivity (Wildman–Crippen MR) is 82.7 cm³/mol. The Bertz CT molecular complexity index is 547. The SMILES string of the molecule is OCC1(NCc2cnc(-c3ccccc3)s2)CCCC1. The third kappa shape index (κ3) is 2.92. The highest BCUT2D eigenvalue weighted by Crippen LogP contribution is 2.30. The fourth-order valence-electron chi connectivity index (χ4n) is 2.82. The maximum Gasteiger partial charge on any atom is 0.123 e. The summed E-state index contributed by atoms with van der Waals surface area (Å²) in [6.45, 7) is 1.03. The average Bonchev–Trinajstić information content (AvgIpc) is 3.16. The molecule has 1 aliphatic rings. The smallest absolute Gasteiger partial charge is 0.123 e. The first-order chi connectivity index (χ1) is 9.81. The summed E-state index contributed by atoms with van der Waals surface area (Å²) in [5.74, 6) is 0. The highest BCUT2D eigenvalue weighted by atomic mass is 32.1. The molecule has 1 saturated carbocycles. The van der Waals surface area contributed by atoms with E-state index in [-0.39, 0.29) is 12.1 Å². The Labute approximate surface area is 123 Å². The van der Waals surface area contributed by atoms with Gasteiger partial charge in [0.25, 0.3) is 0 Å². The van der Waals surface area contributed by atoms with Gasteiger partial charge in [0.1, 0.15) is 5.01 Å². The second kappa shape index (κ2) is 6.04. The van der Waals surface area contributed by atoms with Crippen LogP contribution < -0.4 is 5.32 Å². The minimum absolute atomic E-state index is 0.0586. The lowest BCUT2D eigenvalue weighted by Crippen LogP contribution is -2.45. The summed E-state index contributed by atoms with van der Waals surface area (Å²) >= 11 is 1.72. The molecule has 0 spiro atoms. The summed E-state index contributed by atoms with van der Waals surface area (Å²) in [5, 5.41) is 14.2. The van der Waals surface area contributed by atoms with Crippen LogP contribution in [0.2, 0.25) is 0 Å². The van der Waals surface area contributed by atoms with Crippen LogP contribution in [0.4, 0.5) is 0 Å². The third-order valence-corrected chi connectivity index (χ3v) is 5.12. The molecule has 1 aromatic heterocycles. The monoisotopic (exact) mass is 288 g/mol. The van der Waals surface area contributed by atoms with Crippen molar-refractivity contribution in [1.29, 1.82) is 0 Å². The Morgan fingerprint density at radius 1 is 1.20 bits per heavy atom. The van der Waals surface area contributed by atoms with Gasteiger partial charge in [-0.15, -0.1) is 11.3 Å². The minimum Gasteiger partial charge on any atom is -0.394 e. The van der Waals surface area contributed by atoms with E-state index in [0.29, 0.717) is 0 Å². The number of nitrogens with zero attached hydrogens (tertiary/aromatic N) is 1. The summed E-state index contributed by atoms with van der Waals surface area (Å²) in [6, 6.07) is 10.3. The largest absolute Gasteiger partial charge is 0.394 e. The molecule has 2 aromatic rings. The number of nitrogens with one attached hydrogen (secondary N) is 1. The normalized spacial score (nSPS) is 17.4. The van der Waals surface area contributed by atoms with Gasteiger partial charge >= 0.3 is 0 Å². The van der Waals surface area contributed by atoms with E-state index in [1.807, 2.05) is 24.4 Å². The van der Waals surface area contributed by atoms with Crippen molar-refractivity contribution < 1.29 is 5.11 Å². The molecule has 20 heavy (non-hydrogen) atoms. The molecule has 1 fully saturated rings. The summed E-state index contributed by atoms with van der Waals surface area (Å²) in [7, 11) is 0. The van der Waals surface area contributed by atoms with Crippen molar-refractivity contribution in [1.82, 2.24) is 10.3 Å². The maximum atomic E-state index is 9.60. The van der Waals surface area contributed by atoms with Gasteiger partial charge in [-0.05, 0) is 12.8 Å². The van der Waals surface area contributed by atoms with Gasteiger partial charge in [0.15, 0.2) is 0 Å². The van der Waals surface area contributed by atoms with Crippen LogP contribution in [0.25, 0.3) is 10.6 Å². The van der Waals surface area contributed by atoms with E-state index in [1.54, 1.807) is 11.3 Å². The summed E-state index contributed by atoms with van der Waals surface area (Å²) in [6.07, 6.45) is 6.53. The molecule has 0 amide bonds. The van der Waals surface area contributed by atoms with Crippen molar-refractivity contribution in [3.05, 3.63) is 41.4 Å². The van der Waals surface area contributed by atoms with E-state index in [0.717, 1.165) is 24.4 Å². The van der Waals surface area contributed by atoms with Gasteiger partial charge in [0.2, 0.25) is 0 Å². The summed E-state index contributed by atoms with van der Waals surface area (Å²) in [5.41, 5.74) is 1.11. The number of aromatic nitrogens is 1. The molecule has 0 radical (unpaired) electrons. The van der Waals surface area contributed by atoms with Crippen LogP contribution in [0.15, 0.2) is 36.5 Å². The van der Waals surface area contributed by atoms with Crippen molar-refractivity contribution >= 4 is 11.3 Å². The molecule has 0 unspecified atom stereocenters. The molecule has 0 saturated heterocycles. The molecular weight excluding hydrogens is 268 g/mol. The highest BCUT2D eigenvalue weighted by molar-refractivity contribution is 7.15. The van der Waals surface area contributed by atoms with Crippen molar-refractivity contribution in [2.24, 2.45) is 0 Å². The third-order valence-electron chi connectivity index (χ3n) is 4.08. The van der Waals surface area contributed by atoms with Gasteiger partial charge in [0.05, 0.1) is 6.61 Å². The van der Waals surface area contributed by atoms with E-state index in [9.17, 15) is 5.11 Å². The lowest BCUT2D eigenvalue weighted by Gasteiger charge is -2.27. The number of aliphatic hydroxyl groups is 1. The summed E-state index contributed by atoms with van der Waals surface area (Å²) in [4.78, 5) is 5.72.